The predicted octanol–water partition coefficient (Wildman–Crippen LogP) is 3.72. The highest BCUT2D eigenvalue weighted by Gasteiger charge is 2.34. The molecular weight excluding hydrogens is 441 g/mol. The molecular formula is C20H34IN3O2. The standard InChI is InChI=1S/C20H33N3O2.HI/c1-6-25-17-9-7-16(8-10-17)20(11-13-24-14-12-20)15-22-18(21-5)23-19(2,3)4;/h7-10H,6,11-15H2,1-5H3,(H2,21,22,23);1H. The highest BCUT2D eigenvalue weighted by Crippen LogP contribution is 2.35. The smallest absolute Gasteiger partial charge is 0.191 e. The Kier molecular flexibility index (Phi) is 9.16. The molecule has 26 heavy (non-hydrogen) atoms. The van der Waals surface area contributed by atoms with Crippen molar-refractivity contribution in [2.45, 2.75) is 51.5 Å². The number of aliphatic imine (C=N–C) groups is 1. The predicted molar refractivity (Wildman–Crippen MR) is 119 cm³/mol. The van der Waals surface area contributed by atoms with Gasteiger partial charge in [-0.1, -0.05) is 12.1 Å². The molecule has 1 aliphatic heterocycles. The largest absolute Gasteiger partial charge is 0.494 e. The molecule has 0 radical (unpaired) electrons. The summed E-state index contributed by atoms with van der Waals surface area (Å²) in [5, 5.41) is 6.95. The Morgan fingerprint density at radius 1 is 1.19 bits per heavy atom. The van der Waals surface area contributed by atoms with E-state index in [4.69, 9.17) is 9.47 Å². The van der Waals surface area contributed by atoms with Gasteiger partial charge in [0.15, 0.2) is 5.96 Å². The van der Waals surface area contributed by atoms with E-state index in [9.17, 15) is 0 Å². The zero-order chi connectivity index (χ0) is 18.3. The van der Waals surface area contributed by atoms with Gasteiger partial charge in [-0.05, 0) is 58.2 Å². The Hall–Kier alpha value is -1.02. The minimum atomic E-state index is -0.0240. The molecule has 1 aliphatic rings. The highest BCUT2D eigenvalue weighted by atomic mass is 127. The second-order valence-corrected chi connectivity index (χ2v) is 7.65. The van der Waals surface area contributed by atoms with E-state index in [1.807, 2.05) is 14.0 Å². The summed E-state index contributed by atoms with van der Waals surface area (Å²) in [4.78, 5) is 4.36. The number of guanidine groups is 1. The van der Waals surface area contributed by atoms with Crippen molar-refractivity contribution in [2.24, 2.45) is 4.99 Å². The average Bonchev–Trinajstić information content (AvgIpc) is 2.59. The summed E-state index contributed by atoms with van der Waals surface area (Å²) >= 11 is 0. The fourth-order valence-corrected chi connectivity index (χ4v) is 3.19. The molecule has 1 aromatic rings. The molecule has 0 bridgehead atoms. The number of benzene rings is 1. The molecule has 5 nitrogen and oxygen atoms in total. The van der Waals surface area contributed by atoms with Crippen LogP contribution in [-0.2, 0) is 10.2 Å². The van der Waals surface area contributed by atoms with Crippen LogP contribution in [0.5, 0.6) is 5.75 Å². The topological polar surface area (TPSA) is 54.9 Å². The molecule has 148 valence electrons. The fourth-order valence-electron chi connectivity index (χ4n) is 3.19. The van der Waals surface area contributed by atoms with Gasteiger partial charge in [-0.25, -0.2) is 0 Å². The van der Waals surface area contributed by atoms with Gasteiger partial charge in [0, 0.05) is 37.8 Å². The van der Waals surface area contributed by atoms with Crippen LogP contribution in [0.4, 0.5) is 0 Å². The molecule has 1 fully saturated rings. The number of halogens is 1. The van der Waals surface area contributed by atoms with E-state index in [0.717, 1.165) is 44.3 Å². The normalized spacial score (nSPS) is 17.2. The summed E-state index contributed by atoms with van der Waals surface area (Å²) in [5.41, 5.74) is 1.36. The molecule has 0 aromatic heterocycles. The van der Waals surface area contributed by atoms with E-state index in [0.29, 0.717) is 6.61 Å². The van der Waals surface area contributed by atoms with Gasteiger partial charge in [0.1, 0.15) is 5.75 Å². The Morgan fingerprint density at radius 2 is 1.81 bits per heavy atom. The van der Waals surface area contributed by atoms with Crippen molar-refractivity contribution in [3.8, 4) is 5.75 Å². The quantitative estimate of drug-likeness (QED) is 0.388. The first-order valence-electron chi connectivity index (χ1n) is 9.18. The number of nitrogens with one attached hydrogen (secondary N) is 2. The van der Waals surface area contributed by atoms with Crippen molar-refractivity contribution in [1.82, 2.24) is 10.6 Å². The average molecular weight is 475 g/mol. The van der Waals surface area contributed by atoms with Gasteiger partial charge in [-0.15, -0.1) is 24.0 Å². The monoisotopic (exact) mass is 475 g/mol. The van der Waals surface area contributed by atoms with Crippen LogP contribution in [0.25, 0.3) is 0 Å². The van der Waals surface area contributed by atoms with Crippen LogP contribution in [0.15, 0.2) is 29.3 Å². The third kappa shape index (κ3) is 6.61. The van der Waals surface area contributed by atoms with Crippen LogP contribution in [0.2, 0.25) is 0 Å². The lowest BCUT2D eigenvalue weighted by molar-refractivity contribution is 0.0513. The van der Waals surface area contributed by atoms with Crippen LogP contribution in [0.1, 0.15) is 46.1 Å². The summed E-state index contributed by atoms with van der Waals surface area (Å²) in [7, 11) is 1.81. The molecule has 0 atom stereocenters. The molecule has 1 heterocycles. The molecule has 1 aromatic carbocycles. The summed E-state index contributed by atoms with van der Waals surface area (Å²) in [6.45, 7) is 11.5. The van der Waals surface area contributed by atoms with E-state index in [2.05, 4.69) is 60.7 Å². The number of hydrogen-bond donors (Lipinski definition) is 2. The minimum Gasteiger partial charge on any atom is -0.494 e. The van der Waals surface area contributed by atoms with Crippen molar-refractivity contribution in [3.05, 3.63) is 29.8 Å². The summed E-state index contributed by atoms with van der Waals surface area (Å²) < 4.78 is 11.2. The molecule has 0 saturated carbocycles. The maximum atomic E-state index is 5.62. The van der Waals surface area contributed by atoms with Crippen molar-refractivity contribution in [3.63, 3.8) is 0 Å². The second kappa shape index (κ2) is 10.3. The maximum Gasteiger partial charge on any atom is 0.191 e. The number of ether oxygens (including phenoxy) is 2. The van der Waals surface area contributed by atoms with Crippen LogP contribution in [0, 0.1) is 0 Å². The van der Waals surface area contributed by atoms with Gasteiger partial charge >= 0.3 is 0 Å². The first-order valence-corrected chi connectivity index (χ1v) is 9.18. The van der Waals surface area contributed by atoms with Crippen LogP contribution >= 0.6 is 24.0 Å². The van der Waals surface area contributed by atoms with E-state index < -0.39 is 0 Å². The molecule has 2 N–H and O–H groups in total. The van der Waals surface area contributed by atoms with Gasteiger partial charge in [-0.3, -0.25) is 4.99 Å². The Bertz CT molecular complexity index is 561. The van der Waals surface area contributed by atoms with Crippen molar-refractivity contribution < 1.29 is 9.47 Å². The Morgan fingerprint density at radius 3 is 2.31 bits per heavy atom. The van der Waals surface area contributed by atoms with Crippen LogP contribution in [0.3, 0.4) is 0 Å². The summed E-state index contributed by atoms with van der Waals surface area (Å²) in [6, 6.07) is 8.52. The number of nitrogens with zero attached hydrogens (tertiary/aromatic N) is 1. The third-order valence-corrected chi connectivity index (χ3v) is 4.54. The van der Waals surface area contributed by atoms with Crippen molar-refractivity contribution in [1.29, 1.82) is 0 Å². The zero-order valence-electron chi connectivity index (χ0n) is 16.7. The number of hydrogen-bond acceptors (Lipinski definition) is 3. The maximum absolute atomic E-state index is 5.62. The van der Waals surface area contributed by atoms with Crippen molar-refractivity contribution >= 4 is 29.9 Å². The number of rotatable bonds is 5. The zero-order valence-corrected chi connectivity index (χ0v) is 19.1. The molecule has 6 heteroatoms. The summed E-state index contributed by atoms with van der Waals surface area (Å²) in [5.74, 6) is 1.76. The van der Waals surface area contributed by atoms with Gasteiger partial charge in [0.2, 0.25) is 0 Å². The van der Waals surface area contributed by atoms with Gasteiger partial charge < -0.3 is 20.1 Å². The molecule has 1 saturated heterocycles. The van der Waals surface area contributed by atoms with E-state index in [1.165, 1.54) is 5.56 Å². The molecule has 2 rings (SSSR count). The van der Waals surface area contributed by atoms with Crippen LogP contribution < -0.4 is 15.4 Å². The lowest BCUT2D eigenvalue weighted by atomic mass is 9.74. The van der Waals surface area contributed by atoms with E-state index in [-0.39, 0.29) is 34.9 Å². The first-order chi connectivity index (χ1) is 11.9. The lowest BCUT2D eigenvalue weighted by Gasteiger charge is -2.39. The fraction of sp³-hybridized carbons (Fsp3) is 0.650. The SMILES string of the molecule is CCOc1ccc(C2(CNC(=NC)NC(C)(C)C)CCOCC2)cc1.I. The molecule has 0 aliphatic carbocycles. The first kappa shape index (κ1) is 23.0. The van der Waals surface area contributed by atoms with Crippen molar-refractivity contribution in [2.75, 3.05) is 33.4 Å². The van der Waals surface area contributed by atoms with Gasteiger partial charge in [-0.2, -0.15) is 0 Å². The van der Waals surface area contributed by atoms with Crippen LogP contribution in [-0.4, -0.2) is 44.9 Å². The Labute approximate surface area is 175 Å². The van der Waals surface area contributed by atoms with E-state index in [1.54, 1.807) is 0 Å². The third-order valence-electron chi connectivity index (χ3n) is 4.54. The minimum absolute atomic E-state index is 0. The summed E-state index contributed by atoms with van der Waals surface area (Å²) in [6.07, 6.45) is 2.00. The lowest BCUT2D eigenvalue weighted by Crippen LogP contribution is -2.52. The molecule has 0 spiro atoms. The van der Waals surface area contributed by atoms with E-state index >= 15 is 0 Å². The van der Waals surface area contributed by atoms with Gasteiger partial charge in [0.05, 0.1) is 6.61 Å². The Balaban J connectivity index is 0.00000338. The molecule has 0 unspecified atom stereocenters. The van der Waals surface area contributed by atoms with Gasteiger partial charge in [0.25, 0.3) is 0 Å². The highest BCUT2D eigenvalue weighted by molar-refractivity contribution is 14.0. The molecule has 0 amide bonds. The second-order valence-electron chi connectivity index (χ2n) is 7.65.